The van der Waals surface area contributed by atoms with E-state index in [0.717, 1.165) is 11.2 Å². The minimum Gasteiger partial charge on any atom is -0.456 e. The van der Waals surface area contributed by atoms with Crippen LogP contribution < -0.4 is 10.9 Å². The zero-order valence-corrected chi connectivity index (χ0v) is 23.8. The van der Waals surface area contributed by atoms with Gasteiger partial charge in [-0.3, -0.25) is 0 Å². The van der Waals surface area contributed by atoms with Crippen LogP contribution in [0.15, 0.2) is 144 Å². The number of para-hydroxylation sites is 3. The second-order valence-electron chi connectivity index (χ2n) is 12.4. The van der Waals surface area contributed by atoms with E-state index >= 15 is 0 Å². The van der Waals surface area contributed by atoms with Crippen LogP contribution in [0.5, 0.6) is 0 Å². The van der Waals surface area contributed by atoms with E-state index in [-0.39, 0.29) is 12.8 Å². The fourth-order valence-electron chi connectivity index (χ4n) is 8.62. The van der Waals surface area contributed by atoms with Gasteiger partial charge in [0.15, 0.2) is 0 Å². The molecule has 2 aliphatic heterocycles. The number of benzene rings is 7. The Morgan fingerprint density at radius 1 is 0.568 bits per heavy atom. The van der Waals surface area contributed by atoms with Crippen molar-refractivity contribution in [2.24, 2.45) is 0 Å². The van der Waals surface area contributed by atoms with Crippen LogP contribution in [0, 0.1) is 0 Å². The fraction of sp³-hybridized carbons (Fsp3) is 0.0244. The van der Waals surface area contributed by atoms with Crippen molar-refractivity contribution in [3.63, 3.8) is 0 Å². The molecule has 202 valence electrons. The highest BCUT2D eigenvalue weighted by atomic mass is 16.3. The van der Waals surface area contributed by atoms with Crippen molar-refractivity contribution in [3.05, 3.63) is 156 Å². The molecular formula is C41H24BNO. The minimum absolute atomic E-state index is 0.0586. The van der Waals surface area contributed by atoms with Crippen LogP contribution in [-0.2, 0) is 0 Å². The van der Waals surface area contributed by atoms with E-state index in [1.54, 1.807) is 0 Å². The molecule has 4 heterocycles. The van der Waals surface area contributed by atoms with Crippen molar-refractivity contribution in [3.8, 4) is 11.1 Å². The van der Waals surface area contributed by atoms with Gasteiger partial charge in [0.05, 0.1) is 0 Å². The molecule has 0 spiro atoms. The zero-order valence-electron chi connectivity index (χ0n) is 23.8. The third-order valence-electron chi connectivity index (χ3n) is 10.3. The number of hydrogen-bond donors (Lipinski definition) is 0. The summed E-state index contributed by atoms with van der Waals surface area (Å²) in [6.07, 6.45) is 0. The summed E-state index contributed by atoms with van der Waals surface area (Å²) in [7, 11) is 0. The predicted octanol–water partition coefficient (Wildman–Crippen LogP) is 8.98. The van der Waals surface area contributed by atoms with Crippen LogP contribution in [0.3, 0.4) is 0 Å². The van der Waals surface area contributed by atoms with Crippen LogP contribution in [0.1, 0.15) is 22.6 Å². The molecule has 7 aromatic carbocycles. The van der Waals surface area contributed by atoms with Gasteiger partial charge in [0.1, 0.15) is 11.2 Å². The van der Waals surface area contributed by atoms with Crippen molar-refractivity contribution in [1.82, 2.24) is 4.48 Å². The van der Waals surface area contributed by atoms with Gasteiger partial charge in [-0.25, -0.2) is 0 Å². The maximum absolute atomic E-state index is 6.70. The molecule has 0 bridgehead atoms. The largest absolute Gasteiger partial charge is 0.456 e. The van der Waals surface area contributed by atoms with E-state index in [2.05, 4.69) is 144 Å². The van der Waals surface area contributed by atoms with Crippen LogP contribution in [-0.4, -0.2) is 11.3 Å². The molecule has 0 saturated heterocycles. The zero-order chi connectivity index (χ0) is 28.5. The van der Waals surface area contributed by atoms with E-state index in [0.29, 0.717) is 0 Å². The number of rotatable bonds is 1. The predicted molar refractivity (Wildman–Crippen MR) is 184 cm³/mol. The highest BCUT2D eigenvalue weighted by molar-refractivity contribution is 6.88. The summed E-state index contributed by atoms with van der Waals surface area (Å²) in [4.78, 5) is 0. The van der Waals surface area contributed by atoms with Crippen LogP contribution in [0.4, 0.5) is 0 Å². The number of fused-ring (bicyclic) bond motifs is 12. The summed E-state index contributed by atoms with van der Waals surface area (Å²) in [5, 5.41) is 7.56. The molecule has 0 saturated carbocycles. The molecule has 0 N–H and O–H groups in total. The van der Waals surface area contributed by atoms with Crippen molar-refractivity contribution in [2.75, 3.05) is 0 Å². The van der Waals surface area contributed by atoms with Crippen LogP contribution in [0.2, 0.25) is 0 Å². The van der Waals surface area contributed by atoms with E-state index < -0.39 is 0 Å². The molecule has 0 amide bonds. The van der Waals surface area contributed by atoms with Gasteiger partial charge in [-0.2, -0.15) is 0 Å². The molecule has 0 aliphatic carbocycles. The van der Waals surface area contributed by atoms with Gasteiger partial charge in [-0.1, -0.05) is 121 Å². The lowest BCUT2D eigenvalue weighted by Gasteiger charge is -2.38. The first-order chi connectivity index (χ1) is 21.8. The standard InChI is InChI=1S/C41H24BNO/c1-2-11-25-22-26(21-20-24(25)10-1)37-29-13-3-6-17-33(29)42-40-32(37)23-36-38(30-14-5-8-19-35(30)44-36)39(40)31-16-9-15-28-27-12-4-7-18-34(27)43(42)41(28)31/h1-23,37H. The van der Waals surface area contributed by atoms with Gasteiger partial charge in [0.25, 0.3) is 0 Å². The monoisotopic (exact) mass is 557 g/mol. The summed E-state index contributed by atoms with van der Waals surface area (Å²) < 4.78 is 9.33. The Labute approximate surface area is 253 Å². The Morgan fingerprint density at radius 2 is 1.34 bits per heavy atom. The number of furan rings is 1. The summed E-state index contributed by atoms with van der Waals surface area (Å²) in [5.41, 5.74) is 13.9. The van der Waals surface area contributed by atoms with Crippen molar-refractivity contribution in [2.45, 2.75) is 5.92 Å². The molecule has 0 radical (unpaired) electrons. The van der Waals surface area contributed by atoms with Gasteiger partial charge in [0, 0.05) is 44.1 Å². The number of aromatic nitrogens is 1. The summed E-state index contributed by atoms with van der Waals surface area (Å²) in [6.45, 7) is 0.0586. The quantitative estimate of drug-likeness (QED) is 0.184. The third kappa shape index (κ3) is 2.74. The van der Waals surface area contributed by atoms with Crippen LogP contribution >= 0.6 is 0 Å². The van der Waals surface area contributed by atoms with E-state index in [4.69, 9.17) is 4.42 Å². The molecule has 9 aromatic rings. The Bertz CT molecular complexity index is 2690. The lowest BCUT2D eigenvalue weighted by Crippen LogP contribution is -2.57. The average Bonchev–Trinajstić information content (AvgIpc) is 3.62. The normalized spacial score (nSPS) is 15.0. The summed E-state index contributed by atoms with van der Waals surface area (Å²) >= 11 is 0. The van der Waals surface area contributed by atoms with Gasteiger partial charge in [-0.15, -0.1) is 0 Å². The molecular weight excluding hydrogens is 533 g/mol. The first-order valence-corrected chi connectivity index (χ1v) is 15.4. The maximum Gasteiger partial charge on any atom is 0.329 e. The number of nitrogens with zero attached hydrogens (tertiary/aromatic N) is 1. The first kappa shape index (κ1) is 23.0. The topological polar surface area (TPSA) is 18.1 Å². The maximum atomic E-state index is 6.70. The Hall–Kier alpha value is -5.54. The lowest BCUT2D eigenvalue weighted by molar-refractivity contribution is 0.668. The SMILES string of the molecule is c1ccc2c(c1)B1c3c(cc4oc5ccccc5c4c3-c3cccc4c5ccccc5n1c34)C2c1ccc2ccccc2c1. The molecule has 1 unspecified atom stereocenters. The Kier molecular flexibility index (Phi) is 4.23. The Morgan fingerprint density at radius 3 is 2.30 bits per heavy atom. The van der Waals surface area contributed by atoms with Crippen molar-refractivity contribution < 1.29 is 4.42 Å². The van der Waals surface area contributed by atoms with E-state index in [1.807, 2.05) is 0 Å². The second kappa shape index (κ2) is 8.09. The second-order valence-corrected chi connectivity index (χ2v) is 12.4. The highest BCUT2D eigenvalue weighted by Crippen LogP contribution is 2.48. The molecule has 2 aromatic heterocycles. The van der Waals surface area contributed by atoms with Crippen molar-refractivity contribution in [1.29, 1.82) is 0 Å². The molecule has 3 heteroatoms. The molecule has 2 nitrogen and oxygen atoms in total. The third-order valence-corrected chi connectivity index (χ3v) is 10.3. The lowest BCUT2D eigenvalue weighted by atomic mass is 9.41. The fourth-order valence-corrected chi connectivity index (χ4v) is 8.62. The van der Waals surface area contributed by atoms with Crippen LogP contribution in [0.25, 0.3) is 65.6 Å². The van der Waals surface area contributed by atoms with Gasteiger partial charge < -0.3 is 8.90 Å². The molecule has 2 aliphatic rings. The smallest absolute Gasteiger partial charge is 0.329 e. The molecule has 1 atom stereocenters. The first-order valence-electron chi connectivity index (χ1n) is 15.4. The van der Waals surface area contributed by atoms with Gasteiger partial charge >= 0.3 is 6.85 Å². The number of hydrogen-bond acceptors (Lipinski definition) is 1. The minimum atomic E-state index is 0.0586. The van der Waals surface area contributed by atoms with E-state index in [1.165, 1.54) is 82.1 Å². The summed E-state index contributed by atoms with van der Waals surface area (Å²) in [5.74, 6) is 0.0843. The van der Waals surface area contributed by atoms with Gasteiger partial charge in [0.2, 0.25) is 0 Å². The van der Waals surface area contributed by atoms with E-state index in [9.17, 15) is 0 Å². The highest BCUT2D eigenvalue weighted by Gasteiger charge is 2.44. The summed E-state index contributed by atoms with van der Waals surface area (Å²) in [6, 6.07) is 51.5. The van der Waals surface area contributed by atoms with Crippen molar-refractivity contribution >= 4 is 72.3 Å². The molecule has 11 rings (SSSR count). The average molecular weight is 557 g/mol. The Balaban J connectivity index is 1.37. The molecule has 0 fully saturated rings. The molecule has 44 heavy (non-hydrogen) atoms. The van der Waals surface area contributed by atoms with Gasteiger partial charge in [-0.05, 0) is 62.2 Å².